The Bertz CT molecular complexity index is 264. The van der Waals surface area contributed by atoms with Gasteiger partial charge in [-0.25, -0.2) is 0 Å². The molecule has 0 saturated carbocycles. The summed E-state index contributed by atoms with van der Waals surface area (Å²) in [6.07, 6.45) is 2.21. The minimum Gasteiger partial charge on any atom is -0.449 e. The molecule has 1 unspecified atom stereocenters. The Labute approximate surface area is 94.2 Å². The van der Waals surface area contributed by atoms with Gasteiger partial charge in [0, 0.05) is 5.25 Å². The van der Waals surface area contributed by atoms with Gasteiger partial charge in [-0.1, -0.05) is 6.92 Å². The van der Waals surface area contributed by atoms with Crippen molar-refractivity contribution in [3.05, 3.63) is 23.1 Å². The Morgan fingerprint density at radius 2 is 2.36 bits per heavy atom. The first-order chi connectivity index (χ1) is 6.76. The van der Waals surface area contributed by atoms with E-state index >= 15 is 0 Å². The number of halogens is 1. The topological polar surface area (TPSA) is 39.2 Å². The molecule has 14 heavy (non-hydrogen) atoms. The van der Waals surface area contributed by atoms with Gasteiger partial charge in [0.2, 0.25) is 0 Å². The lowest BCUT2D eigenvalue weighted by Crippen LogP contribution is -2.09. The van der Waals surface area contributed by atoms with Crippen LogP contribution in [0.25, 0.3) is 0 Å². The molecule has 0 saturated heterocycles. The van der Waals surface area contributed by atoms with Crippen LogP contribution in [0.2, 0.25) is 5.22 Å². The maximum absolute atomic E-state index is 5.67. The molecule has 80 valence electrons. The van der Waals surface area contributed by atoms with Crippen LogP contribution in [-0.4, -0.2) is 11.8 Å². The van der Waals surface area contributed by atoms with Crippen LogP contribution in [-0.2, 0) is 5.75 Å². The smallest absolute Gasteiger partial charge is 0.193 e. The van der Waals surface area contributed by atoms with Crippen molar-refractivity contribution in [1.82, 2.24) is 0 Å². The fourth-order valence-electron chi connectivity index (χ4n) is 1.22. The molecule has 0 radical (unpaired) electrons. The summed E-state index contributed by atoms with van der Waals surface area (Å²) in [5, 5.41) is 1.09. The van der Waals surface area contributed by atoms with Crippen LogP contribution in [0.5, 0.6) is 0 Å². The Morgan fingerprint density at radius 3 is 2.86 bits per heavy atom. The molecular formula is C10H16ClNOS. The summed E-state index contributed by atoms with van der Waals surface area (Å²) in [5.74, 6) is 1.82. The monoisotopic (exact) mass is 233 g/mol. The van der Waals surface area contributed by atoms with Gasteiger partial charge in [-0.2, -0.15) is 11.8 Å². The molecule has 0 fully saturated rings. The van der Waals surface area contributed by atoms with Gasteiger partial charge in [0.15, 0.2) is 5.22 Å². The van der Waals surface area contributed by atoms with Gasteiger partial charge in [-0.05, 0) is 43.1 Å². The van der Waals surface area contributed by atoms with Crippen LogP contribution < -0.4 is 5.73 Å². The number of rotatable bonds is 6. The third-order valence-electron chi connectivity index (χ3n) is 2.03. The van der Waals surface area contributed by atoms with Gasteiger partial charge in [-0.15, -0.1) is 0 Å². The fourth-order valence-corrected chi connectivity index (χ4v) is 2.48. The molecule has 0 amide bonds. The highest BCUT2D eigenvalue weighted by Gasteiger charge is 2.07. The predicted molar refractivity (Wildman–Crippen MR) is 62.8 cm³/mol. The molecule has 1 aromatic heterocycles. The predicted octanol–water partition coefficient (Wildman–Crippen LogP) is 3.29. The molecule has 0 aliphatic rings. The zero-order valence-corrected chi connectivity index (χ0v) is 9.90. The molecule has 1 heterocycles. The second kappa shape index (κ2) is 6.38. The first kappa shape index (κ1) is 12.0. The van der Waals surface area contributed by atoms with E-state index in [1.54, 1.807) is 6.07 Å². The van der Waals surface area contributed by atoms with Crippen molar-refractivity contribution in [3.8, 4) is 0 Å². The van der Waals surface area contributed by atoms with E-state index in [9.17, 15) is 0 Å². The van der Waals surface area contributed by atoms with Crippen LogP contribution in [0.15, 0.2) is 16.5 Å². The quantitative estimate of drug-likeness (QED) is 0.820. The van der Waals surface area contributed by atoms with Gasteiger partial charge in [0.05, 0.1) is 5.75 Å². The SMILES string of the molecule is CCC(CCN)SCc1ccc(Cl)o1. The number of hydrogen-bond acceptors (Lipinski definition) is 3. The maximum atomic E-state index is 5.67. The first-order valence-electron chi connectivity index (χ1n) is 4.82. The highest BCUT2D eigenvalue weighted by atomic mass is 35.5. The zero-order chi connectivity index (χ0) is 10.4. The van der Waals surface area contributed by atoms with Gasteiger partial charge in [0.1, 0.15) is 5.76 Å². The lowest BCUT2D eigenvalue weighted by Gasteiger charge is -2.11. The Balaban J connectivity index is 2.31. The maximum Gasteiger partial charge on any atom is 0.193 e. The summed E-state index contributed by atoms with van der Waals surface area (Å²) in [5.41, 5.74) is 5.52. The molecule has 4 heteroatoms. The van der Waals surface area contributed by atoms with E-state index in [-0.39, 0.29) is 0 Å². The van der Waals surface area contributed by atoms with Gasteiger partial charge in [0.25, 0.3) is 0 Å². The minimum atomic E-state index is 0.465. The van der Waals surface area contributed by atoms with Crippen molar-refractivity contribution in [2.24, 2.45) is 5.73 Å². The van der Waals surface area contributed by atoms with Crippen LogP contribution >= 0.6 is 23.4 Å². The standard InChI is InChI=1S/C10H16ClNOS/c1-2-9(5-6-12)14-7-8-3-4-10(11)13-8/h3-4,9H,2,5-7,12H2,1H3. The second-order valence-electron chi connectivity index (χ2n) is 3.12. The molecule has 1 rings (SSSR count). The summed E-state index contributed by atoms with van der Waals surface area (Å²) >= 11 is 7.55. The van der Waals surface area contributed by atoms with Crippen LogP contribution in [0.1, 0.15) is 25.5 Å². The average molecular weight is 234 g/mol. The Kier molecular flexibility index (Phi) is 5.45. The van der Waals surface area contributed by atoms with E-state index in [2.05, 4.69) is 6.92 Å². The van der Waals surface area contributed by atoms with E-state index in [1.165, 1.54) is 0 Å². The largest absolute Gasteiger partial charge is 0.449 e. The molecule has 0 aromatic carbocycles. The van der Waals surface area contributed by atoms with E-state index in [0.29, 0.717) is 10.5 Å². The van der Waals surface area contributed by atoms with E-state index in [4.69, 9.17) is 21.8 Å². The molecule has 0 aliphatic carbocycles. The summed E-state index contributed by atoms with van der Waals surface area (Å²) in [6.45, 7) is 2.94. The van der Waals surface area contributed by atoms with Crippen LogP contribution in [0, 0.1) is 0 Å². The third-order valence-corrected chi connectivity index (χ3v) is 3.73. The number of thioether (sulfide) groups is 1. The highest BCUT2D eigenvalue weighted by molar-refractivity contribution is 7.99. The van der Waals surface area contributed by atoms with Crippen molar-refractivity contribution in [1.29, 1.82) is 0 Å². The van der Waals surface area contributed by atoms with Crippen molar-refractivity contribution in [2.75, 3.05) is 6.54 Å². The molecule has 0 bridgehead atoms. The molecule has 1 atom stereocenters. The van der Waals surface area contributed by atoms with Crippen molar-refractivity contribution in [3.63, 3.8) is 0 Å². The van der Waals surface area contributed by atoms with Gasteiger partial charge < -0.3 is 10.2 Å². The highest BCUT2D eigenvalue weighted by Crippen LogP contribution is 2.24. The summed E-state index contributed by atoms with van der Waals surface area (Å²) < 4.78 is 5.27. The third kappa shape index (κ3) is 3.95. The molecule has 0 aliphatic heterocycles. The zero-order valence-electron chi connectivity index (χ0n) is 8.33. The molecule has 1 aromatic rings. The van der Waals surface area contributed by atoms with Crippen LogP contribution in [0.4, 0.5) is 0 Å². The molecule has 0 spiro atoms. The van der Waals surface area contributed by atoms with E-state index in [1.807, 2.05) is 17.8 Å². The van der Waals surface area contributed by atoms with Crippen LogP contribution in [0.3, 0.4) is 0 Å². The summed E-state index contributed by atoms with van der Waals surface area (Å²) in [6, 6.07) is 3.70. The normalized spacial score (nSPS) is 13.1. The van der Waals surface area contributed by atoms with Gasteiger partial charge in [-0.3, -0.25) is 0 Å². The van der Waals surface area contributed by atoms with Crippen molar-refractivity contribution in [2.45, 2.75) is 30.8 Å². The summed E-state index contributed by atoms with van der Waals surface area (Å²) in [4.78, 5) is 0. The van der Waals surface area contributed by atoms with Crippen molar-refractivity contribution < 1.29 is 4.42 Å². The molecule has 2 N–H and O–H groups in total. The second-order valence-corrected chi connectivity index (χ2v) is 4.79. The number of nitrogens with two attached hydrogens (primary N) is 1. The number of hydrogen-bond donors (Lipinski definition) is 1. The number of furan rings is 1. The Morgan fingerprint density at radius 1 is 1.57 bits per heavy atom. The summed E-state index contributed by atoms with van der Waals surface area (Å²) in [7, 11) is 0. The Hall–Kier alpha value is -0.120. The minimum absolute atomic E-state index is 0.465. The molecule has 2 nitrogen and oxygen atoms in total. The van der Waals surface area contributed by atoms with Crippen molar-refractivity contribution >= 4 is 23.4 Å². The van der Waals surface area contributed by atoms with Gasteiger partial charge >= 0.3 is 0 Å². The van der Waals surface area contributed by atoms with E-state index < -0.39 is 0 Å². The lowest BCUT2D eigenvalue weighted by atomic mass is 10.2. The lowest BCUT2D eigenvalue weighted by molar-refractivity contribution is 0.532. The fraction of sp³-hybridized carbons (Fsp3) is 0.600. The average Bonchev–Trinajstić information content (AvgIpc) is 2.59. The molecular weight excluding hydrogens is 218 g/mol. The van der Waals surface area contributed by atoms with E-state index in [0.717, 1.165) is 30.9 Å². The first-order valence-corrected chi connectivity index (χ1v) is 6.24.